The fourth-order valence-corrected chi connectivity index (χ4v) is 2.39. The molecule has 3 rings (SSSR count). The number of aliphatic hydroxyl groups excluding tert-OH is 1. The lowest BCUT2D eigenvalue weighted by atomic mass is 10.1. The van der Waals surface area contributed by atoms with Crippen LogP contribution in [0.4, 0.5) is 5.82 Å². The van der Waals surface area contributed by atoms with E-state index in [4.69, 9.17) is 10.8 Å². The van der Waals surface area contributed by atoms with Gasteiger partial charge in [-0.15, -0.1) is 0 Å². The highest BCUT2D eigenvalue weighted by molar-refractivity contribution is 9.10. The molecule has 0 saturated heterocycles. The number of hydrogen-bond donors (Lipinski definition) is 3. The van der Waals surface area contributed by atoms with Gasteiger partial charge < -0.3 is 15.9 Å². The van der Waals surface area contributed by atoms with E-state index in [1.165, 1.54) is 4.52 Å². The first-order valence-corrected chi connectivity index (χ1v) is 8.42. The molecular weight excluding hydrogens is 372 g/mol. The smallest absolute Gasteiger partial charge is 0.172 e. The lowest BCUT2D eigenvalue weighted by Gasteiger charge is -2.06. The van der Waals surface area contributed by atoms with Gasteiger partial charge in [0.2, 0.25) is 0 Å². The van der Waals surface area contributed by atoms with Gasteiger partial charge in [-0.05, 0) is 40.4 Å². The normalized spacial score (nSPS) is 10.7. The largest absolute Gasteiger partial charge is 0.507 e. The summed E-state index contributed by atoms with van der Waals surface area (Å²) in [4.78, 5) is 4.44. The Labute approximate surface area is 149 Å². The Hall–Kier alpha value is -2.12. The third-order valence-electron chi connectivity index (χ3n) is 3.34. The number of hydrogen-bond acceptors (Lipinski definition) is 5. The summed E-state index contributed by atoms with van der Waals surface area (Å²) in [6.45, 7) is 4.52. The first kappa shape index (κ1) is 18.2. The lowest BCUT2D eigenvalue weighted by molar-refractivity contribution is 0.268. The average Bonchev–Trinajstić information content (AvgIpc) is 2.90. The molecule has 0 aliphatic heterocycles. The zero-order valence-electron chi connectivity index (χ0n) is 13.6. The van der Waals surface area contributed by atoms with E-state index in [1.54, 1.807) is 30.5 Å². The van der Waals surface area contributed by atoms with Gasteiger partial charge in [0.25, 0.3) is 0 Å². The molecule has 0 unspecified atom stereocenters. The summed E-state index contributed by atoms with van der Waals surface area (Å²) >= 11 is 3.36. The van der Waals surface area contributed by atoms with Crippen molar-refractivity contribution in [1.29, 1.82) is 0 Å². The molecule has 0 spiro atoms. The van der Waals surface area contributed by atoms with Crippen molar-refractivity contribution in [3.05, 3.63) is 41.0 Å². The van der Waals surface area contributed by atoms with E-state index in [9.17, 15) is 5.11 Å². The van der Waals surface area contributed by atoms with Crippen LogP contribution in [-0.2, 0) is 0 Å². The van der Waals surface area contributed by atoms with Gasteiger partial charge in [-0.25, -0.2) is 4.98 Å². The summed E-state index contributed by atoms with van der Waals surface area (Å²) in [6, 6.07) is 8.68. The van der Waals surface area contributed by atoms with E-state index < -0.39 is 0 Å². The first-order valence-electron chi connectivity index (χ1n) is 7.63. The van der Waals surface area contributed by atoms with Crippen LogP contribution in [0.1, 0.15) is 20.3 Å². The molecule has 2 aromatic heterocycles. The van der Waals surface area contributed by atoms with Crippen LogP contribution >= 0.6 is 15.9 Å². The number of phenols is 1. The fourth-order valence-electron chi connectivity index (χ4n) is 2.05. The number of aromatic nitrogens is 3. The number of nitrogens with two attached hydrogens (primary N) is 1. The van der Waals surface area contributed by atoms with Crippen LogP contribution in [0.2, 0.25) is 0 Å². The van der Waals surface area contributed by atoms with Crippen LogP contribution in [-0.4, -0.2) is 31.4 Å². The van der Waals surface area contributed by atoms with Crippen molar-refractivity contribution in [2.45, 2.75) is 20.3 Å². The molecule has 0 amide bonds. The molecule has 4 N–H and O–H groups in total. The van der Waals surface area contributed by atoms with Crippen LogP contribution in [0.3, 0.4) is 0 Å². The molecule has 0 fully saturated rings. The van der Waals surface area contributed by atoms with Gasteiger partial charge in [0.1, 0.15) is 11.6 Å². The van der Waals surface area contributed by atoms with E-state index in [0.717, 1.165) is 10.9 Å². The van der Waals surface area contributed by atoms with Gasteiger partial charge in [0, 0.05) is 18.2 Å². The minimum absolute atomic E-state index is 0.171. The Morgan fingerprint density at radius 2 is 2.00 bits per heavy atom. The molecule has 2 heterocycles. The third kappa shape index (κ3) is 4.24. The van der Waals surface area contributed by atoms with E-state index in [0.29, 0.717) is 35.2 Å². The molecule has 1 aromatic carbocycles. The number of phenolic OH excluding ortho intramolecular Hbond substituents is 1. The maximum atomic E-state index is 9.83. The molecule has 0 saturated carbocycles. The number of nitrogens with zero attached hydrogens (tertiary/aromatic N) is 3. The maximum absolute atomic E-state index is 9.83. The fraction of sp³-hybridized carbons (Fsp3) is 0.294. The molecule has 24 heavy (non-hydrogen) atoms. The number of aliphatic hydroxyl groups is 1. The highest BCUT2D eigenvalue weighted by atomic mass is 79.9. The molecule has 0 radical (unpaired) electrons. The van der Waals surface area contributed by atoms with E-state index >= 15 is 0 Å². The van der Waals surface area contributed by atoms with Crippen molar-refractivity contribution in [3.8, 4) is 17.0 Å². The van der Waals surface area contributed by atoms with Crippen LogP contribution in [0.5, 0.6) is 5.75 Å². The Morgan fingerprint density at radius 1 is 1.29 bits per heavy atom. The molecule has 3 aromatic rings. The van der Waals surface area contributed by atoms with E-state index in [1.807, 2.05) is 6.07 Å². The summed E-state index contributed by atoms with van der Waals surface area (Å²) in [5, 5.41) is 22.2. The predicted octanol–water partition coefficient (Wildman–Crippen LogP) is 3.47. The summed E-state index contributed by atoms with van der Waals surface area (Å²) in [7, 11) is 0. The van der Waals surface area contributed by atoms with Crippen LogP contribution in [0, 0.1) is 5.92 Å². The minimum atomic E-state index is 0.171. The van der Waals surface area contributed by atoms with Crippen molar-refractivity contribution in [2.75, 3.05) is 12.3 Å². The highest BCUT2D eigenvalue weighted by Crippen LogP contribution is 2.30. The molecule has 0 aliphatic rings. The third-order valence-corrected chi connectivity index (χ3v) is 3.90. The zero-order chi connectivity index (χ0) is 17.7. The molecule has 7 heteroatoms. The highest BCUT2D eigenvalue weighted by Gasteiger charge is 2.11. The van der Waals surface area contributed by atoms with Crippen molar-refractivity contribution in [2.24, 2.45) is 5.92 Å². The van der Waals surface area contributed by atoms with Gasteiger partial charge in [0.15, 0.2) is 5.65 Å². The summed E-state index contributed by atoms with van der Waals surface area (Å²) in [5.41, 5.74) is 7.78. The summed E-state index contributed by atoms with van der Waals surface area (Å²) < 4.78 is 2.29. The minimum Gasteiger partial charge on any atom is -0.507 e. The number of anilines is 1. The monoisotopic (exact) mass is 392 g/mol. The molecular formula is C17H21BrN4O2. The van der Waals surface area contributed by atoms with E-state index in [-0.39, 0.29) is 5.75 Å². The average molecular weight is 393 g/mol. The van der Waals surface area contributed by atoms with Gasteiger partial charge in [-0.2, -0.15) is 9.61 Å². The number of nitrogen functional groups attached to an aromatic ring is 1. The Bertz CT molecular complexity index is 817. The number of rotatable bonds is 3. The number of para-hydroxylation sites is 1. The van der Waals surface area contributed by atoms with Gasteiger partial charge in [0.05, 0.1) is 16.4 Å². The van der Waals surface area contributed by atoms with Crippen molar-refractivity contribution >= 4 is 27.4 Å². The second kappa shape index (κ2) is 8.12. The van der Waals surface area contributed by atoms with Crippen LogP contribution in [0.25, 0.3) is 16.9 Å². The van der Waals surface area contributed by atoms with Gasteiger partial charge in [-0.1, -0.05) is 26.0 Å². The van der Waals surface area contributed by atoms with Crippen LogP contribution in [0.15, 0.2) is 41.0 Å². The Kier molecular flexibility index (Phi) is 6.16. The van der Waals surface area contributed by atoms with Crippen LogP contribution < -0.4 is 5.73 Å². The quantitative estimate of drug-likeness (QED) is 0.633. The Balaban J connectivity index is 0.000000301. The maximum Gasteiger partial charge on any atom is 0.172 e. The second-order valence-corrected chi connectivity index (χ2v) is 6.57. The second-order valence-electron chi connectivity index (χ2n) is 5.72. The van der Waals surface area contributed by atoms with E-state index in [2.05, 4.69) is 39.9 Å². The van der Waals surface area contributed by atoms with Gasteiger partial charge in [-0.3, -0.25) is 0 Å². The molecule has 128 valence electrons. The standard InChI is InChI=1S/C12H9BrN4O.C5H12O/c13-8-6-15-17-11(14)5-9(16-12(8)17)7-3-1-2-4-10(7)18;1-5(2)3-4-6/h1-6,18H,14H2;5-6H,3-4H2,1-2H3. The first-order chi connectivity index (χ1) is 11.4. The Morgan fingerprint density at radius 3 is 2.58 bits per heavy atom. The summed E-state index contributed by atoms with van der Waals surface area (Å²) in [5.74, 6) is 1.28. The zero-order valence-corrected chi connectivity index (χ0v) is 15.2. The molecule has 6 nitrogen and oxygen atoms in total. The topological polar surface area (TPSA) is 96.7 Å². The molecule has 0 bridgehead atoms. The SMILES string of the molecule is CC(C)CCO.Nc1cc(-c2ccccc2O)nc2c(Br)cnn12. The molecule has 0 aliphatic carbocycles. The van der Waals surface area contributed by atoms with Crippen molar-refractivity contribution in [1.82, 2.24) is 14.6 Å². The van der Waals surface area contributed by atoms with Gasteiger partial charge >= 0.3 is 0 Å². The predicted molar refractivity (Wildman–Crippen MR) is 98.7 cm³/mol. The lowest BCUT2D eigenvalue weighted by Crippen LogP contribution is -2.01. The van der Waals surface area contributed by atoms with Crippen molar-refractivity contribution < 1.29 is 10.2 Å². The number of aromatic hydroxyl groups is 1. The number of halogens is 1. The number of fused-ring (bicyclic) bond motifs is 1. The van der Waals surface area contributed by atoms with Crippen molar-refractivity contribution in [3.63, 3.8) is 0 Å². The number of benzene rings is 1. The summed E-state index contributed by atoms with van der Waals surface area (Å²) in [6.07, 6.45) is 2.56. The molecule has 0 atom stereocenters.